The Morgan fingerprint density at radius 1 is 1.24 bits per heavy atom. The van der Waals surface area contributed by atoms with Crippen LogP contribution in [0.25, 0.3) is 0 Å². The number of nitrogens with zero attached hydrogens (tertiary/aromatic N) is 2. The van der Waals surface area contributed by atoms with Crippen molar-refractivity contribution in [3.05, 3.63) is 34.9 Å². The molecule has 1 aromatic rings. The van der Waals surface area contributed by atoms with Crippen LogP contribution in [0.5, 0.6) is 0 Å². The highest BCUT2D eigenvalue weighted by molar-refractivity contribution is 5.83. The third kappa shape index (κ3) is 4.97. The number of benzene rings is 1. The van der Waals surface area contributed by atoms with Gasteiger partial charge in [0.1, 0.15) is 12.1 Å². The summed E-state index contributed by atoms with van der Waals surface area (Å²) in [7, 11) is 1.60. The average Bonchev–Trinajstić information content (AvgIpc) is 2.97. The van der Waals surface area contributed by atoms with E-state index < -0.39 is 11.7 Å². The van der Waals surface area contributed by atoms with Crippen LogP contribution in [0.3, 0.4) is 0 Å². The zero-order valence-electron chi connectivity index (χ0n) is 16.3. The van der Waals surface area contributed by atoms with E-state index in [0.29, 0.717) is 0 Å². The SMILES string of the molecule is Cc1ccc(C2CCCN2C(=O)CN(C)C(=O)OC(C)(C)C)cc1C. The highest BCUT2D eigenvalue weighted by Gasteiger charge is 2.31. The molecule has 25 heavy (non-hydrogen) atoms. The van der Waals surface area contributed by atoms with Gasteiger partial charge >= 0.3 is 6.09 Å². The highest BCUT2D eigenvalue weighted by Crippen LogP contribution is 2.32. The minimum atomic E-state index is -0.565. The summed E-state index contributed by atoms with van der Waals surface area (Å²) in [5.41, 5.74) is 3.10. The van der Waals surface area contributed by atoms with E-state index in [0.717, 1.165) is 19.4 Å². The molecule has 1 heterocycles. The van der Waals surface area contributed by atoms with Crippen molar-refractivity contribution in [1.82, 2.24) is 9.80 Å². The summed E-state index contributed by atoms with van der Waals surface area (Å²) < 4.78 is 5.32. The van der Waals surface area contributed by atoms with Crippen LogP contribution in [0.1, 0.15) is 56.3 Å². The zero-order chi connectivity index (χ0) is 18.8. The molecule has 0 N–H and O–H groups in total. The fourth-order valence-electron chi connectivity index (χ4n) is 3.08. The first-order valence-electron chi connectivity index (χ1n) is 8.89. The van der Waals surface area contributed by atoms with Crippen LogP contribution < -0.4 is 0 Å². The van der Waals surface area contributed by atoms with E-state index in [2.05, 4.69) is 32.0 Å². The number of rotatable bonds is 3. The Hall–Kier alpha value is -2.04. The molecule has 1 aliphatic rings. The standard InChI is InChI=1S/C20H30N2O3/c1-14-9-10-16(12-15(14)2)17-8-7-11-22(17)18(23)13-21(6)19(24)25-20(3,4)5/h9-10,12,17H,7-8,11,13H2,1-6H3. The monoisotopic (exact) mass is 346 g/mol. The number of likely N-dealkylation sites (N-methyl/N-ethyl adjacent to an activating group) is 1. The molecule has 1 atom stereocenters. The Labute approximate surface area is 150 Å². The lowest BCUT2D eigenvalue weighted by Gasteiger charge is -2.29. The predicted octanol–water partition coefficient (Wildman–Crippen LogP) is 3.83. The maximum Gasteiger partial charge on any atom is 0.410 e. The summed E-state index contributed by atoms with van der Waals surface area (Å²) in [5.74, 6) is -0.0333. The molecule has 1 aromatic carbocycles. The van der Waals surface area contributed by atoms with Gasteiger partial charge in [0.25, 0.3) is 0 Å². The van der Waals surface area contributed by atoms with Gasteiger partial charge in [-0.1, -0.05) is 18.2 Å². The third-order valence-corrected chi connectivity index (χ3v) is 4.57. The lowest BCUT2D eigenvalue weighted by molar-refractivity contribution is -0.133. The molecular formula is C20H30N2O3. The van der Waals surface area contributed by atoms with Gasteiger partial charge in [0.05, 0.1) is 6.04 Å². The maximum absolute atomic E-state index is 12.7. The van der Waals surface area contributed by atoms with Gasteiger partial charge in [0, 0.05) is 13.6 Å². The summed E-state index contributed by atoms with van der Waals surface area (Å²) >= 11 is 0. The average molecular weight is 346 g/mol. The number of hydrogen-bond acceptors (Lipinski definition) is 3. The molecule has 0 spiro atoms. The second-order valence-corrected chi connectivity index (χ2v) is 7.93. The fourth-order valence-corrected chi connectivity index (χ4v) is 3.08. The highest BCUT2D eigenvalue weighted by atomic mass is 16.6. The zero-order valence-corrected chi connectivity index (χ0v) is 16.3. The summed E-state index contributed by atoms with van der Waals surface area (Å²) in [6.07, 6.45) is 1.48. The molecule has 0 aromatic heterocycles. The number of aryl methyl sites for hydroxylation is 2. The minimum Gasteiger partial charge on any atom is -0.444 e. The van der Waals surface area contributed by atoms with Gasteiger partial charge in [-0.05, 0) is 64.2 Å². The van der Waals surface area contributed by atoms with E-state index in [1.807, 2.05) is 25.7 Å². The van der Waals surface area contributed by atoms with Crippen molar-refractivity contribution in [2.24, 2.45) is 0 Å². The molecule has 2 amide bonds. The molecule has 1 saturated heterocycles. The van der Waals surface area contributed by atoms with Crippen LogP contribution >= 0.6 is 0 Å². The van der Waals surface area contributed by atoms with Gasteiger partial charge in [0.2, 0.25) is 5.91 Å². The number of ether oxygens (including phenoxy) is 1. The second-order valence-electron chi connectivity index (χ2n) is 7.93. The molecule has 2 rings (SSSR count). The van der Waals surface area contributed by atoms with E-state index >= 15 is 0 Å². The van der Waals surface area contributed by atoms with Gasteiger partial charge in [0.15, 0.2) is 0 Å². The van der Waals surface area contributed by atoms with Crippen molar-refractivity contribution in [3.63, 3.8) is 0 Å². The molecule has 0 saturated carbocycles. The molecule has 5 nitrogen and oxygen atoms in total. The molecular weight excluding hydrogens is 316 g/mol. The lowest BCUT2D eigenvalue weighted by Crippen LogP contribution is -2.42. The Morgan fingerprint density at radius 3 is 2.52 bits per heavy atom. The molecule has 138 valence electrons. The predicted molar refractivity (Wildman–Crippen MR) is 98.5 cm³/mol. The number of carbonyl (C=O) groups excluding carboxylic acids is 2. The van der Waals surface area contributed by atoms with Gasteiger partial charge in [-0.2, -0.15) is 0 Å². The molecule has 0 bridgehead atoms. The Balaban J connectivity index is 2.05. The molecule has 5 heteroatoms. The van der Waals surface area contributed by atoms with Gasteiger partial charge in [-0.3, -0.25) is 4.79 Å². The van der Waals surface area contributed by atoms with E-state index in [1.54, 1.807) is 7.05 Å². The molecule has 0 radical (unpaired) electrons. The van der Waals surface area contributed by atoms with E-state index in [1.165, 1.54) is 21.6 Å². The first-order valence-corrected chi connectivity index (χ1v) is 8.89. The first kappa shape index (κ1) is 19.3. The summed E-state index contributed by atoms with van der Waals surface area (Å²) in [6, 6.07) is 6.48. The van der Waals surface area contributed by atoms with Crippen LogP contribution in [0.4, 0.5) is 4.79 Å². The summed E-state index contributed by atoms with van der Waals surface area (Å²) in [5, 5.41) is 0. The summed E-state index contributed by atoms with van der Waals surface area (Å²) in [6.45, 7) is 10.4. The number of hydrogen-bond donors (Lipinski definition) is 0. The Bertz CT molecular complexity index is 649. The molecule has 0 aliphatic carbocycles. The van der Waals surface area contributed by atoms with Gasteiger partial charge in [-0.15, -0.1) is 0 Å². The lowest BCUT2D eigenvalue weighted by atomic mass is 9.99. The van der Waals surface area contributed by atoms with E-state index in [4.69, 9.17) is 4.74 Å². The van der Waals surface area contributed by atoms with Crippen molar-refractivity contribution in [2.75, 3.05) is 20.1 Å². The first-order chi connectivity index (χ1) is 11.6. The topological polar surface area (TPSA) is 49.9 Å². The van der Waals surface area contributed by atoms with E-state index in [9.17, 15) is 9.59 Å². The van der Waals surface area contributed by atoms with Crippen LogP contribution in [0.15, 0.2) is 18.2 Å². The largest absolute Gasteiger partial charge is 0.444 e. The normalized spacial score (nSPS) is 17.5. The number of likely N-dealkylation sites (tertiary alicyclic amines) is 1. The van der Waals surface area contributed by atoms with Crippen molar-refractivity contribution in [2.45, 2.75) is 59.1 Å². The third-order valence-electron chi connectivity index (χ3n) is 4.57. The van der Waals surface area contributed by atoms with Crippen LogP contribution in [0.2, 0.25) is 0 Å². The van der Waals surface area contributed by atoms with Crippen molar-refractivity contribution >= 4 is 12.0 Å². The second kappa shape index (κ2) is 7.46. The van der Waals surface area contributed by atoms with Crippen LogP contribution in [-0.2, 0) is 9.53 Å². The van der Waals surface area contributed by atoms with E-state index in [-0.39, 0.29) is 18.5 Å². The number of carbonyl (C=O) groups is 2. The molecule has 1 aliphatic heterocycles. The van der Waals surface area contributed by atoms with Crippen molar-refractivity contribution in [3.8, 4) is 0 Å². The fraction of sp³-hybridized carbons (Fsp3) is 0.600. The minimum absolute atomic E-state index is 0.0333. The smallest absolute Gasteiger partial charge is 0.410 e. The molecule has 1 unspecified atom stereocenters. The number of amides is 2. The quantitative estimate of drug-likeness (QED) is 0.836. The summed E-state index contributed by atoms with van der Waals surface area (Å²) in [4.78, 5) is 28.1. The van der Waals surface area contributed by atoms with Gasteiger partial charge < -0.3 is 14.5 Å². The maximum atomic E-state index is 12.7. The van der Waals surface area contributed by atoms with Crippen molar-refractivity contribution in [1.29, 1.82) is 0 Å². The van der Waals surface area contributed by atoms with Gasteiger partial charge in [-0.25, -0.2) is 4.79 Å². The van der Waals surface area contributed by atoms with Crippen molar-refractivity contribution < 1.29 is 14.3 Å². The van der Waals surface area contributed by atoms with Crippen LogP contribution in [0, 0.1) is 13.8 Å². The molecule has 1 fully saturated rings. The Kier molecular flexibility index (Phi) is 5.76. The van der Waals surface area contributed by atoms with Crippen LogP contribution in [-0.4, -0.2) is 47.5 Å². The Morgan fingerprint density at radius 2 is 1.92 bits per heavy atom.